The molecule has 2 saturated heterocycles. The van der Waals surface area contributed by atoms with E-state index in [1.54, 1.807) is 0 Å². The number of carbonyl (C=O) groups is 2. The molecule has 0 radical (unpaired) electrons. The molecule has 22 heavy (non-hydrogen) atoms. The predicted molar refractivity (Wildman–Crippen MR) is 88.6 cm³/mol. The Hall–Kier alpha value is -1.18. The van der Waals surface area contributed by atoms with Crippen LogP contribution in [0.2, 0.25) is 0 Å². The number of thioether (sulfide) groups is 1. The van der Waals surface area contributed by atoms with Crippen LogP contribution in [-0.2, 0) is 9.59 Å². The van der Waals surface area contributed by atoms with Crippen LogP contribution in [-0.4, -0.2) is 50.1 Å². The fraction of sp³-hybridized carbons (Fsp3) is 0.357. The van der Waals surface area contributed by atoms with Crippen LogP contribution in [0.5, 0.6) is 0 Å². The van der Waals surface area contributed by atoms with E-state index in [-0.39, 0.29) is 11.3 Å². The van der Waals surface area contributed by atoms with Gasteiger partial charge in [-0.05, 0) is 19.1 Å². The lowest BCUT2D eigenvalue weighted by molar-refractivity contribution is -0.150. The van der Waals surface area contributed by atoms with Gasteiger partial charge in [-0.25, -0.2) is 9.19 Å². The van der Waals surface area contributed by atoms with Crippen molar-refractivity contribution in [2.75, 3.05) is 5.75 Å². The van der Waals surface area contributed by atoms with Gasteiger partial charge >= 0.3 is 5.97 Å². The van der Waals surface area contributed by atoms with Crippen LogP contribution >= 0.6 is 35.3 Å². The van der Waals surface area contributed by atoms with Crippen molar-refractivity contribution in [2.45, 2.75) is 28.6 Å². The number of rotatable bonds is 3. The molecule has 2 heterocycles. The number of hydrogen-bond donors (Lipinski definition) is 1. The molecule has 2 aliphatic heterocycles. The fourth-order valence-electron chi connectivity index (χ4n) is 2.35. The number of amides is 1. The number of fused-ring (bicyclic) bond motifs is 1. The van der Waals surface area contributed by atoms with Crippen molar-refractivity contribution >= 4 is 52.9 Å². The van der Waals surface area contributed by atoms with Gasteiger partial charge in [0.15, 0.2) is 0 Å². The Balaban J connectivity index is 1.75. The first kappa shape index (κ1) is 15.7. The zero-order valence-electron chi connectivity index (χ0n) is 11.6. The third-order valence-corrected chi connectivity index (χ3v) is 6.18. The van der Waals surface area contributed by atoms with Gasteiger partial charge in [-0.15, -0.1) is 23.4 Å². The summed E-state index contributed by atoms with van der Waals surface area (Å²) < 4.78 is 4.30. The molecule has 3 rings (SSSR count). The van der Waals surface area contributed by atoms with E-state index in [2.05, 4.69) is 4.40 Å². The Morgan fingerprint density at radius 2 is 2.14 bits per heavy atom. The minimum Gasteiger partial charge on any atom is -0.480 e. The normalized spacial score (nSPS) is 29.2. The third kappa shape index (κ3) is 2.73. The number of β-lactam (4-membered cyclic amide) rings is 1. The largest absolute Gasteiger partial charge is 0.480 e. The molecule has 0 bridgehead atoms. The number of aryl methyl sites for hydroxylation is 1. The highest BCUT2D eigenvalue weighted by molar-refractivity contribution is 8.01. The highest BCUT2D eigenvalue weighted by Gasteiger charge is 2.55. The number of benzene rings is 1. The molecule has 1 amide bonds. The average Bonchev–Trinajstić information content (AvgIpc) is 2.49. The second-order valence-corrected chi connectivity index (χ2v) is 7.59. The molecule has 0 aliphatic carbocycles. The first-order valence-electron chi connectivity index (χ1n) is 6.62. The maximum atomic E-state index is 12.2. The molecule has 1 N–H and O–H groups in total. The van der Waals surface area contributed by atoms with E-state index < -0.39 is 17.4 Å². The van der Waals surface area contributed by atoms with Crippen molar-refractivity contribution in [3.8, 4) is 0 Å². The van der Waals surface area contributed by atoms with Gasteiger partial charge in [-0.1, -0.05) is 17.7 Å². The molecule has 3 atom stereocenters. The summed E-state index contributed by atoms with van der Waals surface area (Å²) in [6, 6.07) is 6.86. The highest BCUT2D eigenvalue weighted by Crippen LogP contribution is 2.39. The number of carbonyl (C=O) groups excluding carboxylic acids is 1. The van der Waals surface area contributed by atoms with Crippen molar-refractivity contribution in [2.24, 2.45) is 4.40 Å². The summed E-state index contributed by atoms with van der Waals surface area (Å²) in [5.74, 6) is -0.917. The maximum absolute atomic E-state index is 12.2. The zero-order chi connectivity index (χ0) is 15.9. The molecule has 3 unspecified atom stereocenters. The summed E-state index contributed by atoms with van der Waals surface area (Å²) in [6.07, 6.45) is 0. The molecular formula is C14H13ClN2O3S2. The minimum atomic E-state index is -1.07. The summed E-state index contributed by atoms with van der Waals surface area (Å²) in [7, 11) is 0. The second-order valence-electron chi connectivity index (χ2n) is 5.08. The van der Waals surface area contributed by atoms with E-state index in [1.807, 2.05) is 31.2 Å². The summed E-state index contributed by atoms with van der Waals surface area (Å²) in [4.78, 5) is 25.7. The summed E-state index contributed by atoms with van der Waals surface area (Å²) >= 11 is 8.72. The molecule has 2 fully saturated rings. The molecule has 0 saturated carbocycles. The standard InChI is InChI=1S/C14H13ClN2O3S2/c1-7-2-4-8(5-3-7)22-16-10-12(18)17-11(14(19)20)9(15)6-21-13(10)17/h2-5,9,11,13H,6H2,1H3,(H,19,20). The molecule has 0 spiro atoms. The minimum absolute atomic E-state index is 0.304. The number of carboxylic acids is 1. The maximum Gasteiger partial charge on any atom is 0.328 e. The van der Waals surface area contributed by atoms with Crippen LogP contribution in [0.1, 0.15) is 5.56 Å². The van der Waals surface area contributed by atoms with Gasteiger partial charge in [0, 0.05) is 22.6 Å². The first-order valence-corrected chi connectivity index (χ1v) is 8.87. The van der Waals surface area contributed by atoms with E-state index >= 15 is 0 Å². The number of aliphatic carboxylic acids is 1. The average molecular weight is 357 g/mol. The predicted octanol–water partition coefficient (Wildman–Crippen LogP) is 2.42. The lowest BCUT2D eigenvalue weighted by atomic mass is 10.0. The van der Waals surface area contributed by atoms with Crippen LogP contribution < -0.4 is 0 Å². The van der Waals surface area contributed by atoms with E-state index in [9.17, 15) is 14.7 Å². The first-order chi connectivity index (χ1) is 10.5. The van der Waals surface area contributed by atoms with Crippen LogP contribution in [0.15, 0.2) is 33.6 Å². The van der Waals surface area contributed by atoms with Crippen molar-refractivity contribution in [1.29, 1.82) is 0 Å². The Kier molecular flexibility index (Phi) is 4.38. The van der Waals surface area contributed by atoms with Crippen LogP contribution in [0.3, 0.4) is 0 Å². The lowest BCUT2D eigenvalue weighted by Gasteiger charge is -2.48. The van der Waals surface area contributed by atoms with Crippen molar-refractivity contribution in [3.63, 3.8) is 0 Å². The molecule has 2 aliphatic rings. The van der Waals surface area contributed by atoms with Crippen LogP contribution in [0, 0.1) is 6.92 Å². The Morgan fingerprint density at radius 1 is 1.45 bits per heavy atom. The van der Waals surface area contributed by atoms with Crippen LogP contribution in [0.4, 0.5) is 0 Å². The van der Waals surface area contributed by atoms with E-state index in [0.717, 1.165) is 10.5 Å². The number of hydrogen-bond acceptors (Lipinski definition) is 5. The summed E-state index contributed by atoms with van der Waals surface area (Å²) in [5.41, 5.74) is 1.56. The van der Waals surface area contributed by atoms with Crippen LogP contribution in [0.25, 0.3) is 0 Å². The van der Waals surface area contributed by atoms with Gasteiger partial charge in [0.25, 0.3) is 5.91 Å². The van der Waals surface area contributed by atoms with E-state index in [1.165, 1.54) is 28.6 Å². The summed E-state index contributed by atoms with van der Waals surface area (Å²) in [6.45, 7) is 2.00. The summed E-state index contributed by atoms with van der Waals surface area (Å²) in [5, 5.41) is 8.36. The molecule has 1 aromatic carbocycles. The zero-order valence-corrected chi connectivity index (χ0v) is 14.0. The fourth-order valence-corrected chi connectivity index (χ4v) is 4.75. The number of nitrogens with zero attached hydrogens (tertiary/aromatic N) is 2. The number of halogens is 1. The van der Waals surface area contributed by atoms with Gasteiger partial charge in [-0.3, -0.25) is 4.79 Å². The van der Waals surface area contributed by atoms with Gasteiger partial charge < -0.3 is 10.0 Å². The number of carboxylic acid groups (broad SMARTS) is 1. The van der Waals surface area contributed by atoms with Gasteiger partial charge in [0.2, 0.25) is 0 Å². The van der Waals surface area contributed by atoms with Crippen molar-refractivity contribution < 1.29 is 14.7 Å². The smallest absolute Gasteiger partial charge is 0.328 e. The monoisotopic (exact) mass is 356 g/mol. The number of alkyl halides is 1. The molecule has 5 nitrogen and oxygen atoms in total. The van der Waals surface area contributed by atoms with E-state index in [4.69, 9.17) is 11.6 Å². The SMILES string of the molecule is Cc1ccc(SN=C2C(=O)N3C2SCC(Cl)C3C(=O)O)cc1. The van der Waals surface area contributed by atoms with Gasteiger partial charge in [0.05, 0.1) is 5.38 Å². The molecule has 0 aromatic heterocycles. The Labute approximate surface area is 141 Å². The van der Waals surface area contributed by atoms with Crippen molar-refractivity contribution in [1.82, 2.24) is 4.90 Å². The molecule has 1 aromatic rings. The highest BCUT2D eigenvalue weighted by atomic mass is 35.5. The Morgan fingerprint density at radius 3 is 2.77 bits per heavy atom. The third-order valence-electron chi connectivity index (χ3n) is 3.52. The lowest BCUT2D eigenvalue weighted by Crippen LogP contribution is -2.70. The van der Waals surface area contributed by atoms with Gasteiger partial charge in [-0.2, -0.15) is 0 Å². The second kappa shape index (κ2) is 6.14. The van der Waals surface area contributed by atoms with E-state index in [0.29, 0.717) is 11.5 Å². The topological polar surface area (TPSA) is 70.0 Å². The molecular weight excluding hydrogens is 344 g/mol. The molecule has 116 valence electrons. The van der Waals surface area contributed by atoms with Gasteiger partial charge in [0.1, 0.15) is 17.1 Å². The van der Waals surface area contributed by atoms with Crippen molar-refractivity contribution in [3.05, 3.63) is 29.8 Å². The Bertz CT molecular complexity index is 650. The quantitative estimate of drug-likeness (QED) is 0.511. The molecule has 8 heteroatoms.